The van der Waals surface area contributed by atoms with E-state index in [1.54, 1.807) is 0 Å². The minimum atomic E-state index is 0.626. The van der Waals surface area contributed by atoms with Crippen molar-refractivity contribution in [1.29, 1.82) is 0 Å². The molecular weight excluding hydrogens is 655 g/mol. The van der Waals surface area contributed by atoms with Crippen molar-refractivity contribution in [2.45, 2.75) is 0 Å². The zero-order valence-corrected chi connectivity index (χ0v) is 29.5. The van der Waals surface area contributed by atoms with E-state index < -0.39 is 0 Å². The van der Waals surface area contributed by atoms with Crippen molar-refractivity contribution in [1.82, 2.24) is 15.0 Å². The van der Waals surface area contributed by atoms with Gasteiger partial charge in [-0.15, -0.1) is 0 Å². The topological polar surface area (TPSA) is 38.7 Å². The van der Waals surface area contributed by atoms with Gasteiger partial charge in [0.1, 0.15) is 0 Å². The van der Waals surface area contributed by atoms with E-state index in [4.69, 9.17) is 15.0 Å². The summed E-state index contributed by atoms with van der Waals surface area (Å²) in [6.07, 6.45) is 0. The monoisotopic (exact) mass is 689 g/mol. The van der Waals surface area contributed by atoms with Crippen LogP contribution in [-0.2, 0) is 0 Å². The van der Waals surface area contributed by atoms with Crippen LogP contribution in [0.3, 0.4) is 0 Å². The molecule has 9 aromatic rings. The lowest BCUT2D eigenvalue weighted by Crippen LogP contribution is -2.00. The lowest BCUT2D eigenvalue weighted by Gasteiger charge is -2.13. The summed E-state index contributed by atoms with van der Waals surface area (Å²) in [5, 5.41) is 0. The summed E-state index contributed by atoms with van der Waals surface area (Å²) in [7, 11) is 0. The average Bonchev–Trinajstić information content (AvgIpc) is 3.27. The van der Waals surface area contributed by atoms with Gasteiger partial charge in [-0.2, -0.15) is 0 Å². The van der Waals surface area contributed by atoms with Gasteiger partial charge in [-0.1, -0.05) is 200 Å². The van der Waals surface area contributed by atoms with Crippen molar-refractivity contribution < 1.29 is 0 Å². The Kier molecular flexibility index (Phi) is 8.94. The van der Waals surface area contributed by atoms with Crippen molar-refractivity contribution in [2.75, 3.05) is 0 Å². The first-order valence-electron chi connectivity index (χ1n) is 18.2. The Morgan fingerprint density at radius 1 is 0.185 bits per heavy atom. The van der Waals surface area contributed by atoms with Crippen LogP contribution < -0.4 is 0 Å². The highest BCUT2D eigenvalue weighted by Gasteiger charge is 2.15. The molecule has 9 rings (SSSR count). The molecule has 0 spiro atoms. The number of hydrogen-bond acceptors (Lipinski definition) is 3. The molecule has 3 heteroatoms. The third kappa shape index (κ3) is 6.87. The summed E-state index contributed by atoms with van der Waals surface area (Å²) in [5.41, 5.74) is 14.4. The summed E-state index contributed by atoms with van der Waals surface area (Å²) < 4.78 is 0. The lowest BCUT2D eigenvalue weighted by atomic mass is 9.94. The second kappa shape index (κ2) is 14.8. The quantitative estimate of drug-likeness (QED) is 0.159. The van der Waals surface area contributed by atoms with E-state index in [-0.39, 0.29) is 0 Å². The van der Waals surface area contributed by atoms with Gasteiger partial charge in [-0.3, -0.25) is 0 Å². The molecule has 8 aromatic carbocycles. The van der Waals surface area contributed by atoms with Crippen LogP contribution in [0.25, 0.3) is 89.8 Å². The minimum Gasteiger partial charge on any atom is -0.208 e. The molecule has 1 heterocycles. The number of nitrogens with zero attached hydrogens (tertiary/aromatic N) is 3. The maximum atomic E-state index is 5.11. The molecule has 54 heavy (non-hydrogen) atoms. The summed E-state index contributed by atoms with van der Waals surface area (Å²) in [6, 6.07) is 74.1. The van der Waals surface area contributed by atoms with Crippen LogP contribution in [0.1, 0.15) is 0 Å². The summed E-state index contributed by atoms with van der Waals surface area (Å²) in [6.45, 7) is 0. The molecular formula is C51H35N3. The molecule has 0 N–H and O–H groups in total. The van der Waals surface area contributed by atoms with Crippen molar-refractivity contribution in [2.24, 2.45) is 0 Å². The van der Waals surface area contributed by atoms with Gasteiger partial charge in [0.2, 0.25) is 0 Å². The Hall–Kier alpha value is -7.23. The maximum absolute atomic E-state index is 5.11. The van der Waals surface area contributed by atoms with Crippen LogP contribution in [-0.4, -0.2) is 15.0 Å². The van der Waals surface area contributed by atoms with Crippen molar-refractivity contribution in [3.8, 4) is 89.8 Å². The fourth-order valence-electron chi connectivity index (χ4n) is 6.96. The SMILES string of the molecule is c1ccc(-c2ccc(-c3nc(-c4ccc(-c5cccc(-c6ccccc6)c5)cc4)nc(-c4cccc(-c5ccccc5-c5ccccc5)c4)n3)cc2)cc1. The third-order valence-corrected chi connectivity index (χ3v) is 9.78. The van der Waals surface area contributed by atoms with Gasteiger partial charge in [0.25, 0.3) is 0 Å². The van der Waals surface area contributed by atoms with E-state index in [1.807, 2.05) is 12.1 Å². The number of benzene rings is 8. The Morgan fingerprint density at radius 2 is 0.481 bits per heavy atom. The molecule has 0 aliphatic carbocycles. The molecule has 1 aromatic heterocycles. The molecule has 0 aliphatic rings. The van der Waals surface area contributed by atoms with E-state index in [2.05, 4.69) is 200 Å². The Labute approximate surface area is 316 Å². The van der Waals surface area contributed by atoms with Crippen LogP contribution >= 0.6 is 0 Å². The van der Waals surface area contributed by atoms with E-state index in [9.17, 15) is 0 Å². The first-order chi connectivity index (χ1) is 26.7. The third-order valence-electron chi connectivity index (χ3n) is 9.78. The zero-order valence-electron chi connectivity index (χ0n) is 29.5. The van der Waals surface area contributed by atoms with E-state index >= 15 is 0 Å². The number of rotatable bonds is 8. The van der Waals surface area contributed by atoms with E-state index in [0.29, 0.717) is 17.5 Å². The Balaban J connectivity index is 1.12. The first kappa shape index (κ1) is 32.7. The predicted molar refractivity (Wildman–Crippen MR) is 223 cm³/mol. The van der Waals surface area contributed by atoms with Crippen LogP contribution in [0, 0.1) is 0 Å². The second-order valence-corrected chi connectivity index (χ2v) is 13.3. The molecule has 0 radical (unpaired) electrons. The van der Waals surface area contributed by atoms with Gasteiger partial charge in [0, 0.05) is 16.7 Å². The molecule has 0 saturated heterocycles. The minimum absolute atomic E-state index is 0.626. The van der Waals surface area contributed by atoms with Gasteiger partial charge in [-0.05, 0) is 67.8 Å². The van der Waals surface area contributed by atoms with Crippen molar-refractivity contribution >= 4 is 0 Å². The summed E-state index contributed by atoms with van der Waals surface area (Å²) in [5.74, 6) is 1.88. The molecule has 0 atom stereocenters. The van der Waals surface area contributed by atoms with Crippen molar-refractivity contribution in [3.05, 3.63) is 212 Å². The molecule has 0 fully saturated rings. The standard InChI is InChI=1S/C51H35N3/c1-4-14-36(15-5-1)38-26-30-41(31-27-38)49-52-50(42-32-28-39(29-33-42)44-21-12-20-43(34-44)37-16-6-2-7-17-37)54-51(53-49)46-23-13-22-45(35-46)48-25-11-10-24-47(48)40-18-8-3-9-19-40/h1-35H. The second-order valence-electron chi connectivity index (χ2n) is 13.3. The Bertz CT molecular complexity index is 2670. The van der Waals surface area contributed by atoms with Crippen molar-refractivity contribution in [3.63, 3.8) is 0 Å². The van der Waals surface area contributed by atoms with Gasteiger partial charge >= 0.3 is 0 Å². The zero-order chi connectivity index (χ0) is 36.1. The molecule has 0 bridgehead atoms. The van der Waals surface area contributed by atoms with Gasteiger partial charge in [0.15, 0.2) is 17.5 Å². The Morgan fingerprint density at radius 3 is 1.00 bits per heavy atom. The predicted octanol–water partition coefficient (Wildman–Crippen LogP) is 13.2. The molecule has 0 unspecified atom stereocenters. The number of hydrogen-bond donors (Lipinski definition) is 0. The van der Waals surface area contributed by atoms with Crippen LogP contribution in [0.2, 0.25) is 0 Å². The van der Waals surface area contributed by atoms with Crippen LogP contribution in [0.4, 0.5) is 0 Å². The number of aromatic nitrogens is 3. The highest BCUT2D eigenvalue weighted by atomic mass is 15.0. The van der Waals surface area contributed by atoms with Gasteiger partial charge in [-0.25, -0.2) is 15.0 Å². The molecule has 0 saturated carbocycles. The normalized spacial score (nSPS) is 11.0. The van der Waals surface area contributed by atoms with E-state index in [1.165, 1.54) is 27.8 Å². The molecule has 0 aliphatic heterocycles. The fourth-order valence-corrected chi connectivity index (χ4v) is 6.96. The fraction of sp³-hybridized carbons (Fsp3) is 0. The average molecular weight is 690 g/mol. The molecule has 0 amide bonds. The maximum Gasteiger partial charge on any atom is 0.164 e. The summed E-state index contributed by atoms with van der Waals surface area (Å²) >= 11 is 0. The van der Waals surface area contributed by atoms with Gasteiger partial charge in [0.05, 0.1) is 0 Å². The van der Waals surface area contributed by atoms with E-state index in [0.717, 1.165) is 44.5 Å². The molecule has 3 nitrogen and oxygen atoms in total. The van der Waals surface area contributed by atoms with Crippen LogP contribution in [0.5, 0.6) is 0 Å². The smallest absolute Gasteiger partial charge is 0.164 e. The largest absolute Gasteiger partial charge is 0.208 e. The molecule has 254 valence electrons. The first-order valence-corrected chi connectivity index (χ1v) is 18.2. The van der Waals surface area contributed by atoms with Gasteiger partial charge < -0.3 is 0 Å². The van der Waals surface area contributed by atoms with Crippen LogP contribution in [0.15, 0.2) is 212 Å². The highest BCUT2D eigenvalue weighted by molar-refractivity contribution is 5.85. The highest BCUT2D eigenvalue weighted by Crippen LogP contribution is 2.35. The summed E-state index contributed by atoms with van der Waals surface area (Å²) in [4.78, 5) is 15.3. The lowest BCUT2D eigenvalue weighted by molar-refractivity contribution is 1.07.